The Morgan fingerprint density at radius 3 is 2.87 bits per heavy atom. The van der Waals surface area contributed by atoms with Crippen LogP contribution in [0.3, 0.4) is 0 Å². The maximum Gasteiger partial charge on any atom is 0.323 e. The molecule has 1 atom stereocenters. The second kappa shape index (κ2) is 7.92. The van der Waals surface area contributed by atoms with Crippen molar-refractivity contribution in [3.8, 4) is 5.75 Å². The van der Waals surface area contributed by atoms with Crippen molar-refractivity contribution in [1.29, 1.82) is 0 Å². The molecule has 0 radical (unpaired) electrons. The van der Waals surface area contributed by atoms with Crippen molar-refractivity contribution < 1.29 is 19.2 Å². The van der Waals surface area contributed by atoms with Crippen molar-refractivity contribution >= 4 is 11.7 Å². The van der Waals surface area contributed by atoms with Crippen LogP contribution < -0.4 is 4.74 Å². The van der Waals surface area contributed by atoms with Gasteiger partial charge in [0.2, 0.25) is 0 Å². The summed E-state index contributed by atoms with van der Waals surface area (Å²) in [6.07, 6.45) is 2.66. The number of rotatable bonds is 6. The minimum absolute atomic E-state index is 0.0116. The molecule has 7 nitrogen and oxygen atoms in total. The molecule has 1 fully saturated rings. The van der Waals surface area contributed by atoms with E-state index in [0.717, 1.165) is 25.8 Å². The number of methoxy groups -OCH3 is 1. The summed E-state index contributed by atoms with van der Waals surface area (Å²) < 4.78 is 10.2. The summed E-state index contributed by atoms with van der Waals surface area (Å²) in [6, 6.07) is 4.48. The minimum atomic E-state index is -0.416. The number of carbonyl (C=O) groups excluding carboxylic acids is 1. The Labute approximate surface area is 135 Å². The molecular formula is C16H22N2O5. The second-order valence-corrected chi connectivity index (χ2v) is 5.49. The van der Waals surface area contributed by atoms with Crippen LogP contribution in [0.4, 0.5) is 5.69 Å². The number of hydrogen-bond acceptors (Lipinski definition) is 6. The van der Waals surface area contributed by atoms with Crippen LogP contribution in [-0.4, -0.2) is 42.1 Å². The third-order valence-corrected chi connectivity index (χ3v) is 4.03. The fraction of sp³-hybridized carbons (Fsp3) is 0.562. The molecule has 1 unspecified atom stereocenters. The Balaban J connectivity index is 2.21. The number of piperidine rings is 1. The summed E-state index contributed by atoms with van der Waals surface area (Å²) in [6.45, 7) is 3.20. The lowest BCUT2D eigenvalue weighted by atomic mass is 10.0. The molecule has 2 rings (SSSR count). The minimum Gasteiger partial charge on any atom is -0.497 e. The molecule has 126 valence electrons. The van der Waals surface area contributed by atoms with Crippen molar-refractivity contribution in [2.24, 2.45) is 0 Å². The number of nitro groups is 1. The first-order chi connectivity index (χ1) is 11.1. The average Bonchev–Trinajstić information content (AvgIpc) is 2.55. The highest BCUT2D eigenvalue weighted by atomic mass is 16.6. The maximum atomic E-state index is 12.1. The SMILES string of the molecule is CCOC(=O)C1CCCCN1Cc1ccc(OC)cc1[N+](=O)[O-]. The lowest BCUT2D eigenvalue weighted by Crippen LogP contribution is -2.45. The van der Waals surface area contributed by atoms with Crippen LogP contribution in [-0.2, 0) is 16.1 Å². The normalized spacial score (nSPS) is 18.4. The first-order valence-electron chi connectivity index (χ1n) is 7.78. The molecule has 0 bridgehead atoms. The number of nitro benzene ring substituents is 1. The molecule has 1 aliphatic heterocycles. The quantitative estimate of drug-likeness (QED) is 0.455. The number of benzene rings is 1. The fourth-order valence-electron chi connectivity index (χ4n) is 2.88. The van der Waals surface area contributed by atoms with Gasteiger partial charge < -0.3 is 9.47 Å². The average molecular weight is 322 g/mol. The maximum absolute atomic E-state index is 12.1. The van der Waals surface area contributed by atoms with Crippen LogP contribution in [0.25, 0.3) is 0 Å². The van der Waals surface area contributed by atoms with Gasteiger partial charge in [-0.25, -0.2) is 0 Å². The zero-order chi connectivity index (χ0) is 16.8. The first-order valence-corrected chi connectivity index (χ1v) is 7.78. The summed E-state index contributed by atoms with van der Waals surface area (Å²) in [5.74, 6) is 0.199. The molecule has 23 heavy (non-hydrogen) atoms. The van der Waals surface area contributed by atoms with Gasteiger partial charge in [0, 0.05) is 12.1 Å². The Hall–Kier alpha value is -2.15. The van der Waals surface area contributed by atoms with Gasteiger partial charge in [-0.05, 0) is 38.4 Å². The molecule has 0 saturated carbocycles. The van der Waals surface area contributed by atoms with Gasteiger partial charge in [0.25, 0.3) is 5.69 Å². The topological polar surface area (TPSA) is 81.9 Å². The molecule has 1 aromatic carbocycles. The molecule has 1 heterocycles. The Bertz CT molecular complexity index is 576. The molecular weight excluding hydrogens is 300 g/mol. The molecule has 1 aliphatic rings. The molecule has 0 amide bonds. The number of esters is 1. The standard InChI is InChI=1S/C16H22N2O5/c1-3-23-16(19)14-6-4-5-9-17(14)11-12-7-8-13(22-2)10-15(12)18(20)21/h7-8,10,14H,3-6,9,11H2,1-2H3. The number of ether oxygens (including phenoxy) is 2. The van der Waals surface area contributed by atoms with E-state index in [0.29, 0.717) is 24.5 Å². The van der Waals surface area contributed by atoms with Crippen molar-refractivity contribution in [1.82, 2.24) is 4.90 Å². The lowest BCUT2D eigenvalue weighted by molar-refractivity contribution is -0.385. The van der Waals surface area contributed by atoms with Gasteiger partial charge in [-0.3, -0.25) is 19.8 Å². The van der Waals surface area contributed by atoms with E-state index in [-0.39, 0.29) is 17.7 Å². The lowest BCUT2D eigenvalue weighted by Gasteiger charge is -2.33. The van der Waals surface area contributed by atoms with Gasteiger partial charge in [-0.1, -0.05) is 6.42 Å². The van der Waals surface area contributed by atoms with E-state index < -0.39 is 4.92 Å². The van der Waals surface area contributed by atoms with Gasteiger partial charge in [0.15, 0.2) is 0 Å². The van der Waals surface area contributed by atoms with Gasteiger partial charge in [0.05, 0.1) is 24.7 Å². The van der Waals surface area contributed by atoms with Crippen LogP contribution in [0, 0.1) is 10.1 Å². The Morgan fingerprint density at radius 2 is 2.22 bits per heavy atom. The van der Waals surface area contributed by atoms with E-state index in [2.05, 4.69) is 0 Å². The third-order valence-electron chi connectivity index (χ3n) is 4.03. The van der Waals surface area contributed by atoms with Crippen molar-refractivity contribution in [2.75, 3.05) is 20.3 Å². The monoisotopic (exact) mass is 322 g/mol. The fourth-order valence-corrected chi connectivity index (χ4v) is 2.88. The van der Waals surface area contributed by atoms with E-state index >= 15 is 0 Å². The predicted octanol–water partition coefficient (Wildman–Crippen LogP) is 2.52. The zero-order valence-electron chi connectivity index (χ0n) is 13.5. The van der Waals surface area contributed by atoms with Crippen molar-refractivity contribution in [3.05, 3.63) is 33.9 Å². The second-order valence-electron chi connectivity index (χ2n) is 5.49. The van der Waals surface area contributed by atoms with Crippen LogP contribution in [0.1, 0.15) is 31.7 Å². The third kappa shape index (κ3) is 4.19. The molecule has 0 N–H and O–H groups in total. The van der Waals surface area contributed by atoms with Gasteiger partial charge >= 0.3 is 5.97 Å². The molecule has 0 aromatic heterocycles. The summed E-state index contributed by atoms with van der Waals surface area (Å²) in [5, 5.41) is 11.3. The van der Waals surface area contributed by atoms with Gasteiger partial charge in [-0.15, -0.1) is 0 Å². The highest BCUT2D eigenvalue weighted by Gasteiger charge is 2.31. The summed E-state index contributed by atoms with van der Waals surface area (Å²) in [4.78, 5) is 24.9. The molecule has 1 aromatic rings. The summed E-state index contributed by atoms with van der Waals surface area (Å²) in [7, 11) is 1.47. The molecule has 0 spiro atoms. The van der Waals surface area contributed by atoms with Crippen molar-refractivity contribution in [3.63, 3.8) is 0 Å². The number of nitrogens with zero attached hydrogens (tertiary/aromatic N) is 2. The van der Waals surface area contributed by atoms with Gasteiger partial charge in [-0.2, -0.15) is 0 Å². The highest BCUT2D eigenvalue weighted by molar-refractivity contribution is 5.75. The van der Waals surface area contributed by atoms with E-state index in [1.54, 1.807) is 19.1 Å². The zero-order valence-corrected chi connectivity index (χ0v) is 13.5. The van der Waals surface area contributed by atoms with Crippen LogP contribution in [0.5, 0.6) is 5.75 Å². The van der Waals surface area contributed by atoms with Crippen LogP contribution >= 0.6 is 0 Å². The van der Waals surface area contributed by atoms with E-state index in [4.69, 9.17) is 9.47 Å². The Kier molecular flexibility index (Phi) is 5.92. The number of likely N-dealkylation sites (tertiary alicyclic amines) is 1. The van der Waals surface area contributed by atoms with Crippen molar-refractivity contribution in [2.45, 2.75) is 38.8 Å². The van der Waals surface area contributed by atoms with E-state index in [9.17, 15) is 14.9 Å². The molecule has 7 heteroatoms. The first kappa shape index (κ1) is 17.2. The summed E-state index contributed by atoms with van der Waals surface area (Å²) >= 11 is 0. The largest absolute Gasteiger partial charge is 0.497 e. The number of hydrogen-bond donors (Lipinski definition) is 0. The predicted molar refractivity (Wildman–Crippen MR) is 84.3 cm³/mol. The van der Waals surface area contributed by atoms with Crippen LogP contribution in [0.15, 0.2) is 18.2 Å². The van der Waals surface area contributed by atoms with E-state index in [1.807, 2.05) is 4.90 Å². The Morgan fingerprint density at radius 1 is 1.43 bits per heavy atom. The summed E-state index contributed by atoms with van der Waals surface area (Å²) in [5.41, 5.74) is 0.588. The highest BCUT2D eigenvalue weighted by Crippen LogP contribution is 2.28. The molecule has 0 aliphatic carbocycles. The van der Waals surface area contributed by atoms with E-state index in [1.165, 1.54) is 13.2 Å². The van der Waals surface area contributed by atoms with Gasteiger partial charge in [0.1, 0.15) is 11.8 Å². The van der Waals surface area contributed by atoms with Crippen LogP contribution in [0.2, 0.25) is 0 Å². The molecule has 1 saturated heterocycles. The smallest absolute Gasteiger partial charge is 0.323 e. The number of carbonyl (C=O) groups is 1.